The fourth-order valence-electron chi connectivity index (χ4n) is 2.50. The number of ether oxygens (including phenoxy) is 1. The highest BCUT2D eigenvalue weighted by Gasteiger charge is 2.27. The smallest absolute Gasteiger partial charge is 0.131 e. The van der Waals surface area contributed by atoms with Gasteiger partial charge in [-0.2, -0.15) is 0 Å². The molecule has 1 aliphatic rings. The van der Waals surface area contributed by atoms with Gasteiger partial charge in [-0.15, -0.1) is 0 Å². The van der Waals surface area contributed by atoms with E-state index < -0.39 is 0 Å². The highest BCUT2D eigenvalue weighted by molar-refractivity contribution is 5.30. The lowest BCUT2D eigenvalue weighted by molar-refractivity contribution is -0.00250. The number of aromatic nitrogens is 2. The van der Waals surface area contributed by atoms with Gasteiger partial charge in [0, 0.05) is 17.9 Å². The molecular weight excluding hydrogens is 236 g/mol. The van der Waals surface area contributed by atoms with Crippen LogP contribution in [0.25, 0.3) is 0 Å². The van der Waals surface area contributed by atoms with Gasteiger partial charge < -0.3 is 4.74 Å². The number of hydrogen-bond acceptors (Lipinski definition) is 3. The van der Waals surface area contributed by atoms with E-state index in [9.17, 15) is 0 Å². The molecule has 0 spiro atoms. The molecule has 0 amide bonds. The highest BCUT2D eigenvalue weighted by Crippen LogP contribution is 2.29. The Balaban J connectivity index is 2.44. The molecule has 0 radical (unpaired) electrons. The van der Waals surface area contributed by atoms with Crippen molar-refractivity contribution in [2.24, 2.45) is 5.92 Å². The van der Waals surface area contributed by atoms with Gasteiger partial charge in [-0.05, 0) is 11.8 Å². The third-order valence-corrected chi connectivity index (χ3v) is 3.79. The first-order valence-electron chi connectivity index (χ1n) is 7.41. The Hall–Kier alpha value is -0.960. The van der Waals surface area contributed by atoms with Crippen LogP contribution in [0, 0.1) is 5.92 Å². The summed E-state index contributed by atoms with van der Waals surface area (Å²) in [6.45, 7) is 13.8. The maximum Gasteiger partial charge on any atom is 0.131 e. The average Bonchev–Trinajstić information content (AvgIpc) is 2.36. The zero-order chi connectivity index (χ0) is 14.2. The Labute approximate surface area is 116 Å². The summed E-state index contributed by atoms with van der Waals surface area (Å²) in [6, 6.07) is 0. The fourth-order valence-corrected chi connectivity index (χ4v) is 2.50. The molecule has 1 atom stereocenters. The van der Waals surface area contributed by atoms with E-state index in [1.54, 1.807) is 0 Å². The number of rotatable bonds is 3. The van der Waals surface area contributed by atoms with E-state index in [0.29, 0.717) is 30.5 Å². The van der Waals surface area contributed by atoms with Crippen molar-refractivity contribution in [3.63, 3.8) is 0 Å². The first-order chi connectivity index (χ1) is 8.90. The van der Waals surface area contributed by atoms with Gasteiger partial charge in [-0.3, -0.25) is 0 Å². The molecule has 1 aromatic rings. The van der Waals surface area contributed by atoms with E-state index in [1.165, 1.54) is 17.0 Å². The van der Waals surface area contributed by atoms with E-state index in [2.05, 4.69) is 41.5 Å². The third kappa shape index (κ3) is 2.97. The largest absolute Gasteiger partial charge is 0.373 e. The monoisotopic (exact) mass is 262 g/mol. The standard InChI is InChI=1S/C16H26N2O/c1-9(2)14-7-13-12(8-19-14)15(10(3)4)18-16(17-13)11(5)6/h9-11,14H,7-8H2,1-6H3. The second-order valence-corrected chi connectivity index (χ2v) is 6.50. The van der Waals surface area contributed by atoms with Crippen LogP contribution >= 0.6 is 0 Å². The summed E-state index contributed by atoms with van der Waals surface area (Å²) in [5.74, 6) is 2.32. The first-order valence-corrected chi connectivity index (χ1v) is 7.41. The van der Waals surface area contributed by atoms with Crippen LogP contribution in [0.1, 0.15) is 76.2 Å². The summed E-state index contributed by atoms with van der Waals surface area (Å²) in [7, 11) is 0. The molecule has 1 aromatic heterocycles. The second kappa shape index (κ2) is 5.58. The van der Waals surface area contributed by atoms with Crippen LogP contribution in [0.5, 0.6) is 0 Å². The van der Waals surface area contributed by atoms with Crippen LogP contribution < -0.4 is 0 Å². The summed E-state index contributed by atoms with van der Waals surface area (Å²) >= 11 is 0. The molecule has 3 nitrogen and oxygen atoms in total. The number of hydrogen-bond donors (Lipinski definition) is 0. The molecule has 0 saturated carbocycles. The molecule has 2 heterocycles. The van der Waals surface area contributed by atoms with Gasteiger partial charge in [0.05, 0.1) is 24.1 Å². The molecular formula is C16H26N2O. The van der Waals surface area contributed by atoms with Gasteiger partial charge >= 0.3 is 0 Å². The van der Waals surface area contributed by atoms with E-state index in [4.69, 9.17) is 14.7 Å². The van der Waals surface area contributed by atoms with Crippen LogP contribution in [-0.2, 0) is 17.8 Å². The zero-order valence-corrected chi connectivity index (χ0v) is 13.0. The van der Waals surface area contributed by atoms with E-state index in [1.807, 2.05) is 0 Å². The van der Waals surface area contributed by atoms with Gasteiger partial charge in [-0.1, -0.05) is 41.5 Å². The molecule has 1 unspecified atom stereocenters. The van der Waals surface area contributed by atoms with Crippen molar-refractivity contribution in [3.8, 4) is 0 Å². The average molecular weight is 262 g/mol. The topological polar surface area (TPSA) is 35.0 Å². The molecule has 0 N–H and O–H groups in total. The van der Waals surface area contributed by atoms with Gasteiger partial charge in [0.15, 0.2) is 0 Å². The molecule has 106 valence electrons. The van der Waals surface area contributed by atoms with Crippen LogP contribution in [0.4, 0.5) is 0 Å². The Morgan fingerprint density at radius 1 is 1.00 bits per heavy atom. The maximum absolute atomic E-state index is 5.98. The summed E-state index contributed by atoms with van der Waals surface area (Å²) in [4.78, 5) is 9.56. The van der Waals surface area contributed by atoms with Crippen molar-refractivity contribution in [3.05, 3.63) is 22.8 Å². The van der Waals surface area contributed by atoms with Gasteiger partial charge in [0.2, 0.25) is 0 Å². The predicted molar refractivity (Wildman–Crippen MR) is 77.3 cm³/mol. The van der Waals surface area contributed by atoms with Crippen molar-refractivity contribution in [1.82, 2.24) is 9.97 Å². The van der Waals surface area contributed by atoms with E-state index >= 15 is 0 Å². The second-order valence-electron chi connectivity index (χ2n) is 6.50. The fraction of sp³-hybridized carbons (Fsp3) is 0.750. The summed E-state index contributed by atoms with van der Waals surface area (Å²) in [6.07, 6.45) is 1.22. The van der Waals surface area contributed by atoms with Crippen molar-refractivity contribution in [1.29, 1.82) is 0 Å². The third-order valence-electron chi connectivity index (χ3n) is 3.79. The van der Waals surface area contributed by atoms with E-state index in [0.717, 1.165) is 12.2 Å². The van der Waals surface area contributed by atoms with Gasteiger partial charge in [0.1, 0.15) is 5.82 Å². The number of nitrogens with zero attached hydrogens (tertiary/aromatic N) is 2. The minimum Gasteiger partial charge on any atom is -0.373 e. The van der Waals surface area contributed by atoms with Crippen LogP contribution in [0.15, 0.2) is 0 Å². The molecule has 1 aliphatic heterocycles. The predicted octanol–water partition coefficient (Wildman–Crippen LogP) is 3.82. The lowest BCUT2D eigenvalue weighted by atomic mass is 9.93. The van der Waals surface area contributed by atoms with Gasteiger partial charge in [0.25, 0.3) is 0 Å². The summed E-state index contributed by atoms with van der Waals surface area (Å²) < 4.78 is 5.98. The van der Waals surface area contributed by atoms with E-state index in [-0.39, 0.29) is 0 Å². The SMILES string of the molecule is CC(C)c1nc2c(c(C(C)C)n1)COC(C(C)C)C2. The molecule has 0 bridgehead atoms. The molecule has 19 heavy (non-hydrogen) atoms. The number of fused-ring (bicyclic) bond motifs is 1. The summed E-state index contributed by atoms with van der Waals surface area (Å²) in [5, 5.41) is 0. The Morgan fingerprint density at radius 3 is 2.21 bits per heavy atom. The Bertz CT molecular complexity index is 452. The Morgan fingerprint density at radius 2 is 1.68 bits per heavy atom. The lowest BCUT2D eigenvalue weighted by Crippen LogP contribution is -2.30. The van der Waals surface area contributed by atoms with Crippen LogP contribution in [0.3, 0.4) is 0 Å². The van der Waals surface area contributed by atoms with Crippen molar-refractivity contribution < 1.29 is 4.74 Å². The van der Waals surface area contributed by atoms with Crippen molar-refractivity contribution in [2.75, 3.05) is 0 Å². The van der Waals surface area contributed by atoms with Crippen molar-refractivity contribution in [2.45, 2.75) is 72.5 Å². The molecule has 3 heteroatoms. The molecule has 0 aliphatic carbocycles. The Kier molecular flexibility index (Phi) is 4.24. The molecule has 2 rings (SSSR count). The van der Waals surface area contributed by atoms with Crippen LogP contribution in [-0.4, -0.2) is 16.1 Å². The zero-order valence-electron chi connectivity index (χ0n) is 13.0. The summed E-state index contributed by atoms with van der Waals surface area (Å²) in [5.41, 5.74) is 3.62. The normalized spacial score (nSPS) is 19.3. The van der Waals surface area contributed by atoms with Crippen molar-refractivity contribution >= 4 is 0 Å². The molecule has 0 aromatic carbocycles. The van der Waals surface area contributed by atoms with Crippen LogP contribution in [0.2, 0.25) is 0 Å². The van der Waals surface area contributed by atoms with Gasteiger partial charge in [-0.25, -0.2) is 9.97 Å². The highest BCUT2D eigenvalue weighted by atomic mass is 16.5. The lowest BCUT2D eigenvalue weighted by Gasteiger charge is -2.29. The molecule has 0 fully saturated rings. The molecule has 0 saturated heterocycles. The quantitative estimate of drug-likeness (QED) is 0.830. The first kappa shape index (κ1) is 14.4. The minimum absolute atomic E-state index is 0.294. The minimum atomic E-state index is 0.294. The maximum atomic E-state index is 5.98.